The maximum absolute atomic E-state index is 11.2. The van der Waals surface area contributed by atoms with Crippen molar-refractivity contribution in [3.05, 3.63) is 11.8 Å². The Bertz CT molecular complexity index is 494. The molecular formula is C8H12N2O6S. The summed E-state index contributed by atoms with van der Waals surface area (Å²) in [6.45, 7) is 0.764. The number of ether oxygens (including phenoxy) is 1. The summed E-state index contributed by atoms with van der Waals surface area (Å²) in [5.74, 6) is -1.12. The normalized spacial score (nSPS) is 13.5. The van der Waals surface area contributed by atoms with Crippen LogP contribution in [0.3, 0.4) is 0 Å². The SMILES string of the molecule is CC(c1nnc(COCC(=O)O)o1)S(C)(=O)=O. The molecule has 0 aliphatic carbocycles. The van der Waals surface area contributed by atoms with Crippen molar-refractivity contribution >= 4 is 15.8 Å². The van der Waals surface area contributed by atoms with Gasteiger partial charge in [-0.25, -0.2) is 13.2 Å². The average Bonchev–Trinajstić information content (AvgIpc) is 2.63. The van der Waals surface area contributed by atoms with Crippen molar-refractivity contribution < 1.29 is 27.5 Å². The molecule has 0 saturated carbocycles. The van der Waals surface area contributed by atoms with Gasteiger partial charge in [0.2, 0.25) is 11.8 Å². The lowest BCUT2D eigenvalue weighted by molar-refractivity contribution is -0.142. The fraction of sp³-hybridized carbons (Fsp3) is 0.625. The van der Waals surface area contributed by atoms with Gasteiger partial charge in [0, 0.05) is 6.26 Å². The molecule has 9 heteroatoms. The van der Waals surface area contributed by atoms with Gasteiger partial charge in [-0.2, -0.15) is 0 Å². The lowest BCUT2D eigenvalue weighted by atomic mass is 10.5. The van der Waals surface area contributed by atoms with E-state index in [1.54, 1.807) is 0 Å². The summed E-state index contributed by atoms with van der Waals surface area (Å²) in [4.78, 5) is 10.2. The van der Waals surface area contributed by atoms with Crippen LogP contribution >= 0.6 is 0 Å². The lowest BCUT2D eigenvalue weighted by Gasteiger charge is -2.02. The molecule has 1 N–H and O–H groups in total. The first-order valence-electron chi connectivity index (χ1n) is 4.61. The number of carboxylic acid groups (broad SMARTS) is 1. The van der Waals surface area contributed by atoms with E-state index in [4.69, 9.17) is 14.3 Å². The molecule has 8 nitrogen and oxygen atoms in total. The van der Waals surface area contributed by atoms with Gasteiger partial charge in [0.1, 0.15) is 18.5 Å². The summed E-state index contributed by atoms with van der Waals surface area (Å²) in [5, 5.41) is 14.5. The molecule has 96 valence electrons. The first-order chi connectivity index (χ1) is 7.80. The lowest BCUT2D eigenvalue weighted by Crippen LogP contribution is -2.08. The number of hydrogen-bond donors (Lipinski definition) is 1. The molecule has 0 bridgehead atoms. The Labute approximate surface area is 97.5 Å². The average molecular weight is 264 g/mol. The number of carbonyl (C=O) groups is 1. The molecule has 0 spiro atoms. The van der Waals surface area contributed by atoms with Crippen LogP contribution in [0.2, 0.25) is 0 Å². The van der Waals surface area contributed by atoms with Gasteiger partial charge in [0.15, 0.2) is 9.84 Å². The van der Waals surface area contributed by atoms with E-state index >= 15 is 0 Å². The van der Waals surface area contributed by atoms with E-state index in [1.807, 2.05) is 0 Å². The highest BCUT2D eigenvalue weighted by Crippen LogP contribution is 2.19. The van der Waals surface area contributed by atoms with Crippen LogP contribution in [0, 0.1) is 0 Å². The number of aliphatic carboxylic acids is 1. The van der Waals surface area contributed by atoms with Gasteiger partial charge in [-0.15, -0.1) is 10.2 Å². The molecule has 1 heterocycles. The quantitative estimate of drug-likeness (QED) is 0.748. The predicted octanol–water partition coefficient (Wildman–Crippen LogP) is -0.224. The molecule has 17 heavy (non-hydrogen) atoms. The summed E-state index contributed by atoms with van der Waals surface area (Å²) in [6.07, 6.45) is 1.06. The number of hydrogen-bond acceptors (Lipinski definition) is 7. The second-order valence-electron chi connectivity index (χ2n) is 3.39. The highest BCUT2D eigenvalue weighted by atomic mass is 32.2. The van der Waals surface area contributed by atoms with Crippen LogP contribution in [0.25, 0.3) is 0 Å². The summed E-state index contributed by atoms with van der Waals surface area (Å²) in [7, 11) is -3.31. The summed E-state index contributed by atoms with van der Waals surface area (Å²) < 4.78 is 32.2. The van der Waals surface area contributed by atoms with Gasteiger partial charge in [-0.1, -0.05) is 0 Å². The monoisotopic (exact) mass is 264 g/mol. The Kier molecular flexibility index (Phi) is 4.18. The van der Waals surface area contributed by atoms with Gasteiger partial charge < -0.3 is 14.3 Å². The van der Waals surface area contributed by atoms with E-state index < -0.39 is 27.7 Å². The minimum absolute atomic E-state index is 0.0387. The summed E-state index contributed by atoms with van der Waals surface area (Å²) >= 11 is 0. The highest BCUT2D eigenvalue weighted by Gasteiger charge is 2.23. The van der Waals surface area contributed by atoms with Gasteiger partial charge in [-0.05, 0) is 6.92 Å². The van der Waals surface area contributed by atoms with E-state index in [1.165, 1.54) is 6.92 Å². The number of carboxylic acids is 1. The summed E-state index contributed by atoms with van der Waals surface area (Å²) in [5.41, 5.74) is 0. The van der Waals surface area contributed by atoms with Crippen molar-refractivity contribution in [2.75, 3.05) is 12.9 Å². The topological polar surface area (TPSA) is 120 Å². The molecule has 1 rings (SSSR count). The van der Waals surface area contributed by atoms with Crippen LogP contribution in [-0.4, -0.2) is 42.6 Å². The van der Waals surface area contributed by atoms with Crippen molar-refractivity contribution in [1.82, 2.24) is 10.2 Å². The fourth-order valence-corrected chi connectivity index (χ4v) is 1.36. The predicted molar refractivity (Wildman–Crippen MR) is 54.8 cm³/mol. The maximum atomic E-state index is 11.2. The van der Waals surface area contributed by atoms with Gasteiger partial charge >= 0.3 is 5.97 Å². The molecule has 0 fully saturated rings. The Morgan fingerprint density at radius 3 is 2.71 bits per heavy atom. The van der Waals surface area contributed by atoms with Crippen LogP contribution < -0.4 is 0 Å². The Morgan fingerprint density at radius 2 is 2.18 bits per heavy atom. The third-order valence-electron chi connectivity index (χ3n) is 1.92. The molecule has 0 aliphatic rings. The zero-order valence-electron chi connectivity index (χ0n) is 9.28. The molecule has 0 amide bonds. The van der Waals surface area contributed by atoms with E-state index in [9.17, 15) is 13.2 Å². The smallest absolute Gasteiger partial charge is 0.329 e. The van der Waals surface area contributed by atoms with Crippen LogP contribution in [0.1, 0.15) is 24.0 Å². The van der Waals surface area contributed by atoms with Crippen LogP contribution in [0.5, 0.6) is 0 Å². The second kappa shape index (κ2) is 5.23. The molecule has 0 aliphatic heterocycles. The standard InChI is InChI=1S/C8H12N2O6S/c1-5(17(2,13)14)8-10-9-6(16-8)3-15-4-7(11)12/h5H,3-4H2,1-2H3,(H,11,12). The third-order valence-corrected chi connectivity index (χ3v) is 3.41. The van der Waals surface area contributed by atoms with E-state index in [-0.39, 0.29) is 18.4 Å². The molecule has 1 atom stereocenters. The number of nitrogens with zero attached hydrogens (tertiary/aromatic N) is 2. The Hall–Kier alpha value is -1.48. The molecule has 1 unspecified atom stereocenters. The van der Waals surface area contributed by atoms with Crippen molar-refractivity contribution in [3.63, 3.8) is 0 Å². The third kappa shape index (κ3) is 4.11. The molecule has 1 aromatic heterocycles. The maximum Gasteiger partial charge on any atom is 0.329 e. The number of rotatable bonds is 6. The van der Waals surface area contributed by atoms with E-state index in [0.717, 1.165) is 6.26 Å². The molecule has 0 aromatic carbocycles. The zero-order valence-corrected chi connectivity index (χ0v) is 10.1. The molecule has 1 aromatic rings. The minimum Gasteiger partial charge on any atom is -0.480 e. The highest BCUT2D eigenvalue weighted by molar-refractivity contribution is 7.90. The number of sulfone groups is 1. The largest absolute Gasteiger partial charge is 0.480 e. The molecule has 0 saturated heterocycles. The summed E-state index contributed by atoms with van der Waals surface area (Å²) in [6, 6.07) is 0. The van der Waals surface area contributed by atoms with Gasteiger partial charge in [-0.3, -0.25) is 0 Å². The molecule has 0 radical (unpaired) electrons. The van der Waals surface area contributed by atoms with Crippen molar-refractivity contribution in [2.45, 2.75) is 18.8 Å². The van der Waals surface area contributed by atoms with E-state index in [0.29, 0.717) is 0 Å². The second-order valence-corrected chi connectivity index (χ2v) is 5.76. The van der Waals surface area contributed by atoms with Crippen LogP contribution in [-0.2, 0) is 26.0 Å². The van der Waals surface area contributed by atoms with Crippen molar-refractivity contribution in [1.29, 1.82) is 0 Å². The Balaban J connectivity index is 2.63. The van der Waals surface area contributed by atoms with Crippen LogP contribution in [0.15, 0.2) is 4.42 Å². The van der Waals surface area contributed by atoms with Crippen molar-refractivity contribution in [2.24, 2.45) is 0 Å². The van der Waals surface area contributed by atoms with E-state index in [2.05, 4.69) is 10.2 Å². The Morgan fingerprint density at radius 1 is 1.53 bits per heavy atom. The fourth-order valence-electron chi connectivity index (χ4n) is 0.898. The number of aromatic nitrogens is 2. The minimum atomic E-state index is -3.31. The first kappa shape index (κ1) is 13.6. The van der Waals surface area contributed by atoms with Crippen LogP contribution in [0.4, 0.5) is 0 Å². The van der Waals surface area contributed by atoms with Gasteiger partial charge in [0.25, 0.3) is 0 Å². The first-order valence-corrected chi connectivity index (χ1v) is 6.57. The zero-order chi connectivity index (χ0) is 13.1. The van der Waals surface area contributed by atoms with Gasteiger partial charge in [0.05, 0.1) is 0 Å². The van der Waals surface area contributed by atoms with Crippen molar-refractivity contribution in [3.8, 4) is 0 Å². The molecular weight excluding hydrogens is 252 g/mol.